The van der Waals surface area contributed by atoms with Gasteiger partial charge in [-0.3, -0.25) is 9.69 Å². The summed E-state index contributed by atoms with van der Waals surface area (Å²) in [6.07, 6.45) is 1.18. The Labute approximate surface area is 267 Å². The number of rotatable bonds is 8. The van der Waals surface area contributed by atoms with Crippen LogP contribution < -0.4 is 9.64 Å². The van der Waals surface area contributed by atoms with Gasteiger partial charge in [-0.2, -0.15) is 9.97 Å². The zero-order chi connectivity index (χ0) is 31.7. The number of nitrogens with zero attached hydrogens (tertiary/aromatic N) is 6. The van der Waals surface area contributed by atoms with Crippen LogP contribution in [0.5, 0.6) is 6.01 Å². The van der Waals surface area contributed by atoms with Crippen molar-refractivity contribution in [2.24, 2.45) is 0 Å². The van der Waals surface area contributed by atoms with Gasteiger partial charge in [0.15, 0.2) is 5.83 Å². The molecular weight excluding hydrogens is 599 g/mol. The highest BCUT2D eigenvalue weighted by atomic mass is 35.5. The Bertz CT molecular complexity index is 1640. The predicted molar refractivity (Wildman–Crippen MR) is 169 cm³/mol. The third kappa shape index (κ3) is 6.33. The summed E-state index contributed by atoms with van der Waals surface area (Å²) in [5.41, 5.74) is 2.63. The van der Waals surface area contributed by atoms with Crippen molar-refractivity contribution in [2.45, 2.75) is 43.7 Å². The molecule has 3 aliphatic heterocycles. The number of carbonyl (C=O) groups is 1. The van der Waals surface area contributed by atoms with Crippen LogP contribution in [0, 0.1) is 6.57 Å². The quantitative estimate of drug-likeness (QED) is 0.262. The standard InChI is InChI=1S/C33H36ClFN6O4/c1-20(35)32(42)41-12-11-40(16-23(41)15-36-2)31-26-19-44-29(25-9-5-7-21-8-6-10-27(34)30(21)25)14-28(26)37-33(38-31)45-18-22-13-24(43-4)17-39(22)3/h5-10,22-24,29H,1,11-19H2,3-4H3/t22-,23+,24-,29?/m1/s1. The highest BCUT2D eigenvalue weighted by molar-refractivity contribution is 6.35. The highest BCUT2D eigenvalue weighted by Crippen LogP contribution is 2.39. The molecule has 45 heavy (non-hydrogen) atoms. The lowest BCUT2D eigenvalue weighted by molar-refractivity contribution is -0.131. The fraction of sp³-hybridized carbons (Fsp3) is 0.455. The molecule has 10 nitrogen and oxygen atoms in total. The number of piperazine rings is 1. The van der Waals surface area contributed by atoms with Crippen molar-refractivity contribution in [3.8, 4) is 6.01 Å². The van der Waals surface area contributed by atoms with Crippen LogP contribution in [0.3, 0.4) is 0 Å². The lowest BCUT2D eigenvalue weighted by Crippen LogP contribution is -2.57. The van der Waals surface area contributed by atoms with Crippen molar-refractivity contribution in [2.75, 3.05) is 58.4 Å². The average Bonchev–Trinajstić information content (AvgIpc) is 3.42. The maximum absolute atomic E-state index is 13.8. The smallest absolute Gasteiger partial charge is 0.318 e. The summed E-state index contributed by atoms with van der Waals surface area (Å²) in [5, 5.41) is 2.65. The zero-order valence-electron chi connectivity index (χ0n) is 25.4. The number of benzene rings is 2. The van der Waals surface area contributed by atoms with E-state index in [-0.39, 0.29) is 44.0 Å². The topological polar surface area (TPSA) is 84.6 Å². The third-order valence-electron chi connectivity index (χ3n) is 9.06. The molecule has 0 spiro atoms. The second-order valence-corrected chi connectivity index (χ2v) is 12.2. The van der Waals surface area contributed by atoms with Crippen molar-refractivity contribution in [1.82, 2.24) is 19.8 Å². The largest absolute Gasteiger partial charge is 0.462 e. The Morgan fingerprint density at radius 3 is 2.73 bits per heavy atom. The third-order valence-corrected chi connectivity index (χ3v) is 9.37. The molecule has 3 aliphatic rings. The summed E-state index contributed by atoms with van der Waals surface area (Å²) in [6, 6.07) is 11.8. The SMILES string of the molecule is [C-]#[N+]C[C@H]1CN(c2nc(OC[C@H]3C[C@@H](OC)CN3C)nc3c2COC(c2cccc4cccc(Cl)c24)C3)CCN1C(=O)C(=C)F. The number of hydrogen-bond acceptors (Lipinski definition) is 8. The van der Waals surface area contributed by atoms with Crippen molar-refractivity contribution in [3.63, 3.8) is 0 Å². The van der Waals surface area contributed by atoms with E-state index in [1.54, 1.807) is 7.11 Å². The van der Waals surface area contributed by atoms with E-state index in [1.165, 1.54) is 4.90 Å². The molecular formula is C33H36ClFN6O4. The van der Waals surface area contributed by atoms with Crippen LogP contribution in [0.2, 0.25) is 5.02 Å². The Balaban J connectivity index is 1.33. The molecule has 4 atom stereocenters. The van der Waals surface area contributed by atoms with E-state index in [2.05, 4.69) is 16.3 Å². The molecule has 0 radical (unpaired) electrons. The fourth-order valence-corrected chi connectivity index (χ4v) is 6.94. The summed E-state index contributed by atoms with van der Waals surface area (Å²) < 4.78 is 32.1. The van der Waals surface area contributed by atoms with Crippen molar-refractivity contribution < 1.29 is 23.4 Å². The molecule has 0 N–H and O–H groups in total. The fourth-order valence-electron chi connectivity index (χ4n) is 6.64. The van der Waals surface area contributed by atoms with Crippen LogP contribution in [-0.2, 0) is 27.3 Å². The summed E-state index contributed by atoms with van der Waals surface area (Å²) in [5.74, 6) is -1.18. The lowest BCUT2D eigenvalue weighted by atomic mass is 9.94. The van der Waals surface area contributed by atoms with Gasteiger partial charge in [-0.25, -0.2) is 11.0 Å². The van der Waals surface area contributed by atoms with Gasteiger partial charge in [-0.1, -0.05) is 48.5 Å². The molecule has 2 fully saturated rings. The minimum absolute atomic E-state index is 0.0290. The minimum atomic E-state index is -1.03. The van der Waals surface area contributed by atoms with Crippen LogP contribution in [0.25, 0.3) is 15.6 Å². The van der Waals surface area contributed by atoms with Gasteiger partial charge in [-0.05, 0) is 30.5 Å². The lowest BCUT2D eigenvalue weighted by Gasteiger charge is -2.40. The van der Waals surface area contributed by atoms with Gasteiger partial charge in [0.2, 0.25) is 6.54 Å². The first-order valence-electron chi connectivity index (χ1n) is 15.0. The molecule has 1 amide bonds. The molecule has 1 unspecified atom stereocenters. The molecule has 0 aliphatic carbocycles. The number of fused-ring (bicyclic) bond motifs is 2. The second-order valence-electron chi connectivity index (χ2n) is 11.8. The minimum Gasteiger partial charge on any atom is -0.462 e. The molecule has 1 aromatic heterocycles. The molecule has 236 valence electrons. The highest BCUT2D eigenvalue weighted by Gasteiger charge is 2.37. The van der Waals surface area contributed by atoms with Gasteiger partial charge >= 0.3 is 6.01 Å². The average molecular weight is 635 g/mol. The Kier molecular flexibility index (Phi) is 9.19. The first-order chi connectivity index (χ1) is 21.8. The number of likely N-dealkylation sites (tertiary alicyclic amines) is 1. The normalized spacial score (nSPS) is 23.5. The number of anilines is 1. The van der Waals surface area contributed by atoms with Gasteiger partial charge in [0, 0.05) is 61.7 Å². The summed E-state index contributed by atoms with van der Waals surface area (Å²) in [6.45, 7) is 13.0. The van der Waals surface area contributed by atoms with Crippen LogP contribution in [0.1, 0.15) is 29.3 Å². The van der Waals surface area contributed by atoms with Crippen molar-refractivity contribution in [1.29, 1.82) is 0 Å². The van der Waals surface area contributed by atoms with E-state index in [9.17, 15) is 9.18 Å². The summed E-state index contributed by atoms with van der Waals surface area (Å²) >= 11 is 6.66. The summed E-state index contributed by atoms with van der Waals surface area (Å²) in [7, 11) is 3.77. The number of halogens is 2. The van der Waals surface area contributed by atoms with Gasteiger partial charge in [-0.15, -0.1) is 0 Å². The molecule has 6 rings (SSSR count). The van der Waals surface area contributed by atoms with E-state index in [0.29, 0.717) is 37.0 Å². The van der Waals surface area contributed by atoms with Gasteiger partial charge < -0.3 is 28.9 Å². The maximum atomic E-state index is 13.8. The summed E-state index contributed by atoms with van der Waals surface area (Å²) in [4.78, 5) is 31.4. The zero-order valence-corrected chi connectivity index (χ0v) is 26.2. The van der Waals surface area contributed by atoms with Gasteiger partial charge in [0.05, 0.1) is 24.5 Å². The Hall–Kier alpha value is -3.82. The maximum Gasteiger partial charge on any atom is 0.318 e. The van der Waals surface area contributed by atoms with E-state index < -0.39 is 17.8 Å². The van der Waals surface area contributed by atoms with Crippen molar-refractivity contribution >= 4 is 34.1 Å². The van der Waals surface area contributed by atoms with Gasteiger partial charge in [0.25, 0.3) is 5.91 Å². The number of aromatic nitrogens is 2. The number of hydrogen-bond donors (Lipinski definition) is 0. The van der Waals surface area contributed by atoms with Crippen LogP contribution >= 0.6 is 11.6 Å². The van der Waals surface area contributed by atoms with E-state index in [4.69, 9.17) is 42.4 Å². The molecule has 0 bridgehead atoms. The Morgan fingerprint density at radius 2 is 2.00 bits per heavy atom. The van der Waals surface area contributed by atoms with Crippen LogP contribution in [-0.4, -0.2) is 97.4 Å². The number of likely N-dealkylation sites (N-methyl/N-ethyl adjacent to an activating group) is 1. The van der Waals surface area contributed by atoms with E-state index >= 15 is 0 Å². The predicted octanol–water partition coefficient (Wildman–Crippen LogP) is 4.61. The number of ether oxygens (including phenoxy) is 3. The molecule has 3 aromatic rings. The van der Waals surface area contributed by atoms with Crippen LogP contribution in [0.4, 0.5) is 10.2 Å². The molecule has 2 aromatic carbocycles. The Morgan fingerprint density at radius 1 is 1.20 bits per heavy atom. The molecule has 12 heteroatoms. The number of carbonyl (C=O) groups excluding carboxylic acids is 1. The van der Waals surface area contributed by atoms with E-state index in [1.807, 2.05) is 48.3 Å². The second kappa shape index (κ2) is 13.3. The molecule has 4 heterocycles. The molecule has 2 saturated heterocycles. The first kappa shape index (κ1) is 31.2. The monoisotopic (exact) mass is 634 g/mol. The van der Waals surface area contributed by atoms with Crippen molar-refractivity contribution in [3.05, 3.63) is 82.1 Å². The van der Waals surface area contributed by atoms with Crippen LogP contribution in [0.15, 0.2) is 48.8 Å². The molecule has 0 saturated carbocycles. The number of amides is 1. The van der Waals surface area contributed by atoms with Gasteiger partial charge in [0.1, 0.15) is 18.5 Å². The number of methoxy groups -OCH3 is 1. The first-order valence-corrected chi connectivity index (χ1v) is 15.4. The van der Waals surface area contributed by atoms with E-state index in [0.717, 1.165) is 40.6 Å².